The van der Waals surface area contributed by atoms with Crippen LogP contribution in [0.15, 0.2) is 71.9 Å². The summed E-state index contributed by atoms with van der Waals surface area (Å²) in [6.45, 7) is 0. The van der Waals surface area contributed by atoms with Crippen LogP contribution in [0.3, 0.4) is 0 Å². The number of nitrogens with one attached hydrogen (secondary N) is 2. The van der Waals surface area contributed by atoms with Gasteiger partial charge in [0.2, 0.25) is 0 Å². The first-order chi connectivity index (χ1) is 14.5. The van der Waals surface area contributed by atoms with E-state index in [2.05, 4.69) is 25.0 Å². The molecule has 2 heterocycles. The van der Waals surface area contributed by atoms with Crippen LogP contribution in [-0.2, 0) is 10.0 Å². The molecular weight excluding hydrogens is 426 g/mol. The first-order valence-corrected chi connectivity index (χ1v) is 10.6. The standard InChI is InChI=1S/C20H16ClN5O3S/c1-29-18-11-13(21)8-9-17(18)25-19-20(24-16-7-3-2-6-15(16)23-19)26-30(27,28)14-5-4-10-22-12-14/h2-12H,1H3,(H,23,25)(H,24,26). The van der Waals surface area contributed by atoms with E-state index in [1.807, 2.05) is 6.07 Å². The highest BCUT2D eigenvalue weighted by Crippen LogP contribution is 2.33. The van der Waals surface area contributed by atoms with Gasteiger partial charge in [-0.15, -0.1) is 0 Å². The molecule has 0 radical (unpaired) electrons. The van der Waals surface area contributed by atoms with E-state index < -0.39 is 10.0 Å². The minimum Gasteiger partial charge on any atom is -0.495 e. The Balaban J connectivity index is 1.80. The van der Waals surface area contributed by atoms with E-state index in [1.165, 1.54) is 25.6 Å². The molecule has 0 aliphatic carbocycles. The predicted molar refractivity (Wildman–Crippen MR) is 116 cm³/mol. The van der Waals surface area contributed by atoms with E-state index in [1.54, 1.807) is 42.5 Å². The molecule has 4 aromatic rings. The SMILES string of the molecule is COc1cc(Cl)ccc1Nc1nc2ccccc2nc1NS(=O)(=O)c1cccnc1. The van der Waals surface area contributed by atoms with Gasteiger partial charge in [-0.3, -0.25) is 9.71 Å². The van der Waals surface area contributed by atoms with Gasteiger partial charge in [0, 0.05) is 23.5 Å². The summed E-state index contributed by atoms with van der Waals surface area (Å²) in [5.74, 6) is 0.717. The number of hydrogen-bond acceptors (Lipinski definition) is 7. The van der Waals surface area contributed by atoms with E-state index in [9.17, 15) is 8.42 Å². The minimum atomic E-state index is -3.93. The number of methoxy groups -OCH3 is 1. The maximum Gasteiger partial charge on any atom is 0.264 e. The van der Waals surface area contributed by atoms with Crippen molar-refractivity contribution in [3.8, 4) is 5.75 Å². The number of anilines is 3. The first-order valence-electron chi connectivity index (χ1n) is 8.76. The first kappa shape index (κ1) is 19.9. The second-order valence-electron chi connectivity index (χ2n) is 6.17. The average Bonchev–Trinajstić information content (AvgIpc) is 2.75. The van der Waals surface area contributed by atoms with Crippen LogP contribution in [0.2, 0.25) is 5.02 Å². The zero-order valence-corrected chi connectivity index (χ0v) is 17.3. The molecule has 2 N–H and O–H groups in total. The lowest BCUT2D eigenvalue weighted by molar-refractivity contribution is 0.417. The number of fused-ring (bicyclic) bond motifs is 1. The molecule has 0 aliphatic rings. The van der Waals surface area contributed by atoms with Gasteiger partial charge >= 0.3 is 0 Å². The number of para-hydroxylation sites is 2. The van der Waals surface area contributed by atoms with E-state index in [0.29, 0.717) is 27.5 Å². The molecular formula is C20H16ClN5O3S. The number of benzene rings is 2. The quantitative estimate of drug-likeness (QED) is 0.461. The third-order valence-electron chi connectivity index (χ3n) is 4.16. The van der Waals surface area contributed by atoms with Crippen LogP contribution in [-0.4, -0.2) is 30.5 Å². The molecule has 4 rings (SSSR count). The van der Waals surface area contributed by atoms with Gasteiger partial charge in [-0.1, -0.05) is 23.7 Å². The fourth-order valence-corrected chi connectivity index (χ4v) is 3.88. The molecule has 30 heavy (non-hydrogen) atoms. The van der Waals surface area contributed by atoms with Crippen LogP contribution in [0, 0.1) is 0 Å². The summed E-state index contributed by atoms with van der Waals surface area (Å²) < 4.78 is 33.5. The molecule has 0 atom stereocenters. The average molecular weight is 442 g/mol. The van der Waals surface area contributed by atoms with Gasteiger partial charge in [0.15, 0.2) is 11.6 Å². The molecule has 8 nitrogen and oxygen atoms in total. The molecule has 0 saturated heterocycles. The van der Waals surface area contributed by atoms with Crippen LogP contribution in [0.4, 0.5) is 17.3 Å². The summed E-state index contributed by atoms with van der Waals surface area (Å²) in [6.07, 6.45) is 2.75. The van der Waals surface area contributed by atoms with E-state index in [-0.39, 0.29) is 16.5 Å². The van der Waals surface area contributed by atoms with Crippen LogP contribution in [0.25, 0.3) is 11.0 Å². The summed E-state index contributed by atoms with van der Waals surface area (Å²) >= 11 is 6.03. The molecule has 2 aromatic heterocycles. The zero-order chi connectivity index (χ0) is 21.1. The Morgan fingerprint density at radius 2 is 1.70 bits per heavy atom. The Kier molecular flexibility index (Phi) is 5.39. The van der Waals surface area contributed by atoms with Gasteiger partial charge in [-0.05, 0) is 36.4 Å². The maximum atomic E-state index is 12.8. The molecule has 10 heteroatoms. The lowest BCUT2D eigenvalue weighted by Crippen LogP contribution is -2.16. The molecule has 0 bridgehead atoms. The maximum absolute atomic E-state index is 12.8. The van der Waals surface area contributed by atoms with E-state index in [4.69, 9.17) is 16.3 Å². The minimum absolute atomic E-state index is 0.00924. The van der Waals surface area contributed by atoms with Gasteiger partial charge in [-0.25, -0.2) is 18.4 Å². The van der Waals surface area contributed by atoms with E-state index >= 15 is 0 Å². The van der Waals surface area contributed by atoms with Crippen molar-refractivity contribution < 1.29 is 13.2 Å². The van der Waals surface area contributed by atoms with Crippen molar-refractivity contribution in [3.05, 3.63) is 72.0 Å². The summed E-state index contributed by atoms with van der Waals surface area (Å²) in [6, 6.07) is 15.2. The Bertz CT molecular complexity index is 1320. The molecule has 0 fully saturated rings. The highest BCUT2D eigenvalue weighted by atomic mass is 35.5. The highest BCUT2D eigenvalue weighted by Gasteiger charge is 2.20. The van der Waals surface area contributed by atoms with Crippen molar-refractivity contribution >= 4 is 50.0 Å². The number of sulfonamides is 1. The van der Waals surface area contributed by atoms with Crippen LogP contribution in [0.5, 0.6) is 5.75 Å². The number of rotatable bonds is 6. The molecule has 152 valence electrons. The molecule has 0 spiro atoms. The number of pyridine rings is 1. The van der Waals surface area contributed by atoms with Gasteiger partial charge in [0.25, 0.3) is 10.0 Å². The second-order valence-corrected chi connectivity index (χ2v) is 8.29. The van der Waals surface area contributed by atoms with Crippen molar-refractivity contribution in [1.82, 2.24) is 15.0 Å². The van der Waals surface area contributed by atoms with E-state index in [0.717, 1.165) is 0 Å². The van der Waals surface area contributed by atoms with Crippen molar-refractivity contribution in [2.24, 2.45) is 0 Å². The monoisotopic (exact) mass is 441 g/mol. The highest BCUT2D eigenvalue weighted by molar-refractivity contribution is 7.92. The largest absolute Gasteiger partial charge is 0.495 e. The Hall–Kier alpha value is -3.43. The summed E-state index contributed by atoms with van der Waals surface area (Å²) in [4.78, 5) is 12.9. The smallest absolute Gasteiger partial charge is 0.264 e. The zero-order valence-electron chi connectivity index (χ0n) is 15.7. The number of aromatic nitrogens is 3. The number of ether oxygens (including phenoxy) is 1. The molecule has 0 aliphatic heterocycles. The third-order valence-corrected chi connectivity index (χ3v) is 5.72. The van der Waals surface area contributed by atoms with Gasteiger partial charge < -0.3 is 10.1 Å². The lowest BCUT2D eigenvalue weighted by Gasteiger charge is -2.15. The van der Waals surface area contributed by atoms with Crippen molar-refractivity contribution in [2.75, 3.05) is 17.1 Å². The topological polar surface area (TPSA) is 106 Å². The fraction of sp³-hybridized carbons (Fsp3) is 0.0500. The number of hydrogen-bond donors (Lipinski definition) is 2. The normalized spacial score (nSPS) is 11.3. The van der Waals surface area contributed by atoms with Crippen LogP contribution >= 0.6 is 11.6 Å². The number of halogens is 1. The predicted octanol–water partition coefficient (Wildman–Crippen LogP) is 4.23. The lowest BCUT2D eigenvalue weighted by atomic mass is 10.2. The van der Waals surface area contributed by atoms with Crippen molar-refractivity contribution in [3.63, 3.8) is 0 Å². The van der Waals surface area contributed by atoms with Gasteiger partial charge in [-0.2, -0.15) is 0 Å². The van der Waals surface area contributed by atoms with Crippen molar-refractivity contribution in [1.29, 1.82) is 0 Å². The summed E-state index contributed by atoms with van der Waals surface area (Å²) in [5, 5.41) is 3.59. The Morgan fingerprint density at radius 3 is 2.37 bits per heavy atom. The third kappa shape index (κ3) is 4.12. The molecule has 0 unspecified atom stereocenters. The Labute approximate surface area is 178 Å². The summed E-state index contributed by atoms with van der Waals surface area (Å²) in [5.41, 5.74) is 1.68. The summed E-state index contributed by atoms with van der Waals surface area (Å²) in [7, 11) is -2.42. The number of nitrogens with zero attached hydrogens (tertiary/aromatic N) is 3. The van der Waals surface area contributed by atoms with Crippen molar-refractivity contribution in [2.45, 2.75) is 4.90 Å². The van der Waals surface area contributed by atoms with Crippen LogP contribution in [0.1, 0.15) is 0 Å². The fourth-order valence-electron chi connectivity index (χ4n) is 2.75. The second kappa shape index (κ2) is 8.13. The van der Waals surface area contributed by atoms with Crippen LogP contribution < -0.4 is 14.8 Å². The molecule has 0 saturated carbocycles. The van der Waals surface area contributed by atoms with Gasteiger partial charge in [0.1, 0.15) is 10.6 Å². The molecule has 0 amide bonds. The molecule has 2 aromatic carbocycles. The van der Waals surface area contributed by atoms with Gasteiger partial charge in [0.05, 0.1) is 23.8 Å². The Morgan fingerprint density at radius 1 is 0.967 bits per heavy atom.